The number of anilines is 1. The van der Waals surface area contributed by atoms with Gasteiger partial charge in [-0.25, -0.2) is 8.42 Å². The molecule has 0 amide bonds. The largest absolute Gasteiger partial charge is 0.507 e. The second-order valence-electron chi connectivity index (χ2n) is 7.98. The van der Waals surface area contributed by atoms with Crippen molar-refractivity contribution in [2.24, 2.45) is 4.99 Å². The third-order valence-corrected chi connectivity index (χ3v) is 7.77. The van der Waals surface area contributed by atoms with Crippen LogP contribution in [0.2, 0.25) is 0 Å². The van der Waals surface area contributed by atoms with Crippen molar-refractivity contribution in [1.29, 1.82) is 0 Å². The molecule has 6 nitrogen and oxygen atoms in total. The molecule has 0 aliphatic carbocycles. The Morgan fingerprint density at radius 1 is 0.867 bits per heavy atom. The predicted octanol–water partition coefficient (Wildman–Crippen LogP) is 4.31. The van der Waals surface area contributed by atoms with E-state index in [1.807, 2.05) is 12.1 Å². The number of rotatable bonds is 5. The third kappa shape index (κ3) is 4.52. The van der Waals surface area contributed by atoms with Gasteiger partial charge in [-0.2, -0.15) is 4.31 Å². The molecule has 2 aromatic rings. The summed E-state index contributed by atoms with van der Waals surface area (Å²) in [5.41, 5.74) is 2.17. The molecule has 0 bridgehead atoms. The minimum atomic E-state index is -3.53. The van der Waals surface area contributed by atoms with Gasteiger partial charge in [0, 0.05) is 38.0 Å². The molecule has 2 heterocycles. The number of hydrogen-bond donors (Lipinski definition) is 1. The summed E-state index contributed by atoms with van der Waals surface area (Å²) in [6, 6.07) is 12.3. The number of phenols is 1. The lowest BCUT2D eigenvalue weighted by Crippen LogP contribution is -2.35. The topological polar surface area (TPSA) is 73.2 Å². The highest BCUT2D eigenvalue weighted by Crippen LogP contribution is 2.34. The van der Waals surface area contributed by atoms with E-state index < -0.39 is 10.0 Å². The van der Waals surface area contributed by atoms with Gasteiger partial charge < -0.3 is 10.0 Å². The Morgan fingerprint density at radius 3 is 2.23 bits per heavy atom. The second kappa shape index (κ2) is 9.18. The molecule has 2 saturated heterocycles. The monoisotopic (exact) mass is 427 g/mol. The smallest absolute Gasteiger partial charge is 0.243 e. The highest BCUT2D eigenvalue weighted by Gasteiger charge is 2.27. The normalized spacial score (nSPS) is 18.7. The Labute approximate surface area is 178 Å². The van der Waals surface area contributed by atoms with E-state index in [4.69, 9.17) is 0 Å². The van der Waals surface area contributed by atoms with Crippen molar-refractivity contribution in [2.75, 3.05) is 31.1 Å². The lowest BCUT2D eigenvalue weighted by atomic mass is 10.1. The number of phenolic OH excluding ortho intramolecular Hbond substituents is 1. The standard InChI is InChI=1S/C23H29N3O3S/c27-23-10-4-3-9-19(23)18-24-21-17-20(30(28,29)26-15-7-2-8-16-26)11-12-22(21)25-13-5-1-6-14-25/h3-4,9-12,17-18,27H,1-2,5-8,13-16H2. The number of nitrogens with zero attached hydrogens (tertiary/aromatic N) is 3. The number of hydrogen-bond acceptors (Lipinski definition) is 5. The van der Waals surface area contributed by atoms with Gasteiger partial charge in [-0.15, -0.1) is 0 Å². The zero-order valence-electron chi connectivity index (χ0n) is 17.2. The molecule has 1 N–H and O–H groups in total. The van der Waals surface area contributed by atoms with E-state index in [0.717, 1.165) is 50.9 Å². The van der Waals surface area contributed by atoms with Crippen molar-refractivity contribution in [3.8, 4) is 5.75 Å². The fourth-order valence-electron chi connectivity index (χ4n) is 4.16. The fourth-order valence-corrected chi connectivity index (χ4v) is 5.70. The summed E-state index contributed by atoms with van der Waals surface area (Å²) in [5, 5.41) is 10.1. The molecule has 2 aliphatic heterocycles. The van der Waals surface area contributed by atoms with Crippen molar-refractivity contribution >= 4 is 27.6 Å². The highest BCUT2D eigenvalue weighted by molar-refractivity contribution is 7.89. The first-order valence-electron chi connectivity index (χ1n) is 10.8. The number of aromatic hydroxyl groups is 1. The maximum absolute atomic E-state index is 13.2. The summed E-state index contributed by atoms with van der Waals surface area (Å²) < 4.78 is 27.9. The average Bonchev–Trinajstić information content (AvgIpc) is 2.79. The lowest BCUT2D eigenvalue weighted by Gasteiger charge is -2.30. The van der Waals surface area contributed by atoms with E-state index in [9.17, 15) is 13.5 Å². The van der Waals surface area contributed by atoms with Crippen molar-refractivity contribution in [3.63, 3.8) is 0 Å². The van der Waals surface area contributed by atoms with Crippen LogP contribution >= 0.6 is 0 Å². The minimum absolute atomic E-state index is 0.151. The van der Waals surface area contributed by atoms with Gasteiger partial charge in [0.15, 0.2) is 0 Å². The highest BCUT2D eigenvalue weighted by atomic mass is 32.2. The van der Waals surface area contributed by atoms with Crippen LogP contribution in [0.4, 0.5) is 11.4 Å². The molecule has 0 aromatic heterocycles. The summed E-state index contributed by atoms with van der Waals surface area (Å²) >= 11 is 0. The van der Waals surface area contributed by atoms with E-state index >= 15 is 0 Å². The van der Waals surface area contributed by atoms with Gasteiger partial charge in [0.05, 0.1) is 16.3 Å². The van der Waals surface area contributed by atoms with Crippen LogP contribution in [-0.4, -0.2) is 50.2 Å². The van der Waals surface area contributed by atoms with E-state index in [-0.39, 0.29) is 10.6 Å². The molecular formula is C23H29N3O3S. The van der Waals surface area contributed by atoms with Crippen LogP contribution in [0.5, 0.6) is 5.75 Å². The Bertz CT molecular complexity index is 1010. The van der Waals surface area contributed by atoms with E-state index in [0.29, 0.717) is 24.3 Å². The molecule has 0 spiro atoms. The molecule has 4 rings (SSSR count). The first-order valence-corrected chi connectivity index (χ1v) is 12.2. The van der Waals surface area contributed by atoms with Crippen molar-refractivity contribution < 1.29 is 13.5 Å². The predicted molar refractivity (Wildman–Crippen MR) is 120 cm³/mol. The quantitative estimate of drug-likeness (QED) is 0.722. The van der Waals surface area contributed by atoms with Crippen molar-refractivity contribution in [2.45, 2.75) is 43.4 Å². The molecule has 2 aromatic carbocycles. The van der Waals surface area contributed by atoms with Gasteiger partial charge in [-0.1, -0.05) is 18.6 Å². The van der Waals surface area contributed by atoms with E-state index in [2.05, 4.69) is 9.89 Å². The molecule has 7 heteroatoms. The number of aliphatic imine (C=N–C) groups is 1. The maximum Gasteiger partial charge on any atom is 0.243 e. The van der Waals surface area contributed by atoms with Crippen LogP contribution < -0.4 is 4.90 Å². The number of piperidine rings is 2. The van der Waals surface area contributed by atoms with Crippen LogP contribution in [0.25, 0.3) is 0 Å². The first kappa shape index (κ1) is 20.9. The van der Waals surface area contributed by atoms with Crippen LogP contribution in [0.1, 0.15) is 44.1 Å². The molecule has 2 aliphatic rings. The number of para-hydroxylation sites is 1. The van der Waals surface area contributed by atoms with Crippen LogP contribution in [0.15, 0.2) is 52.4 Å². The molecule has 0 atom stereocenters. The Hall–Kier alpha value is -2.38. The van der Waals surface area contributed by atoms with Crippen LogP contribution in [0, 0.1) is 0 Å². The fraction of sp³-hybridized carbons (Fsp3) is 0.435. The van der Waals surface area contributed by atoms with Gasteiger partial charge in [0.2, 0.25) is 10.0 Å². The molecule has 2 fully saturated rings. The molecular weight excluding hydrogens is 398 g/mol. The molecule has 0 radical (unpaired) electrons. The van der Waals surface area contributed by atoms with Gasteiger partial charge in [-0.3, -0.25) is 4.99 Å². The first-order chi connectivity index (χ1) is 14.6. The van der Waals surface area contributed by atoms with Crippen LogP contribution in [0.3, 0.4) is 0 Å². The lowest BCUT2D eigenvalue weighted by molar-refractivity contribution is 0.346. The van der Waals surface area contributed by atoms with Gasteiger partial charge >= 0.3 is 0 Å². The molecule has 0 unspecified atom stereocenters. The summed E-state index contributed by atoms with van der Waals surface area (Å²) in [7, 11) is -3.53. The van der Waals surface area contributed by atoms with Crippen molar-refractivity contribution in [1.82, 2.24) is 4.31 Å². The summed E-state index contributed by atoms with van der Waals surface area (Å²) in [6.45, 7) is 3.04. The number of sulfonamides is 1. The average molecular weight is 428 g/mol. The maximum atomic E-state index is 13.2. The van der Waals surface area contributed by atoms with Gasteiger partial charge in [-0.05, 0) is 62.4 Å². The van der Waals surface area contributed by atoms with E-state index in [1.165, 1.54) is 6.42 Å². The Morgan fingerprint density at radius 2 is 1.53 bits per heavy atom. The summed E-state index contributed by atoms with van der Waals surface area (Å²) in [4.78, 5) is 7.18. The van der Waals surface area contributed by atoms with Crippen molar-refractivity contribution in [3.05, 3.63) is 48.0 Å². The third-order valence-electron chi connectivity index (χ3n) is 5.88. The zero-order chi connectivity index (χ0) is 21.0. The number of benzene rings is 2. The van der Waals surface area contributed by atoms with Gasteiger partial charge in [0.1, 0.15) is 5.75 Å². The SMILES string of the molecule is O=S(=O)(c1ccc(N2CCCCC2)c(N=Cc2ccccc2O)c1)N1CCCCC1. The second-order valence-corrected chi connectivity index (χ2v) is 9.92. The molecule has 0 saturated carbocycles. The Balaban J connectivity index is 1.72. The zero-order valence-corrected chi connectivity index (χ0v) is 18.0. The summed E-state index contributed by atoms with van der Waals surface area (Å²) in [6.07, 6.45) is 7.96. The van der Waals surface area contributed by atoms with Crippen LogP contribution in [-0.2, 0) is 10.0 Å². The summed E-state index contributed by atoms with van der Waals surface area (Å²) in [5.74, 6) is 0.151. The minimum Gasteiger partial charge on any atom is -0.507 e. The van der Waals surface area contributed by atoms with Gasteiger partial charge in [0.25, 0.3) is 0 Å². The molecule has 30 heavy (non-hydrogen) atoms. The van der Waals surface area contributed by atoms with E-state index in [1.54, 1.807) is 40.9 Å². The molecule has 160 valence electrons. The Kier molecular flexibility index (Phi) is 6.39.